The van der Waals surface area contributed by atoms with Gasteiger partial charge in [0.15, 0.2) is 12.2 Å². The summed E-state index contributed by atoms with van der Waals surface area (Å²) in [5.41, 5.74) is 0.356. The number of aromatic nitrogens is 2. The first-order chi connectivity index (χ1) is 13.0. The van der Waals surface area contributed by atoms with Gasteiger partial charge in [-0.2, -0.15) is 5.10 Å². The van der Waals surface area contributed by atoms with E-state index in [1.54, 1.807) is 4.68 Å². The summed E-state index contributed by atoms with van der Waals surface area (Å²) in [7, 11) is 0. The predicted octanol–water partition coefficient (Wildman–Crippen LogP) is 2.54. The van der Waals surface area contributed by atoms with Crippen LogP contribution < -0.4 is 5.32 Å². The Morgan fingerprint density at radius 2 is 1.93 bits per heavy atom. The number of amides is 1. The molecule has 27 heavy (non-hydrogen) atoms. The summed E-state index contributed by atoms with van der Waals surface area (Å²) >= 11 is 0. The number of rotatable bonds is 6. The van der Waals surface area contributed by atoms with Crippen LogP contribution in [0.4, 0.5) is 5.82 Å². The van der Waals surface area contributed by atoms with Crippen molar-refractivity contribution >= 4 is 17.7 Å². The van der Waals surface area contributed by atoms with Crippen LogP contribution in [0.5, 0.6) is 0 Å². The van der Waals surface area contributed by atoms with E-state index >= 15 is 0 Å². The van der Waals surface area contributed by atoms with Crippen LogP contribution in [-0.2, 0) is 14.3 Å². The number of hydrogen-bond acceptors (Lipinski definition) is 5. The maximum Gasteiger partial charge on any atom is 0.338 e. The number of esters is 1. The lowest BCUT2D eigenvalue weighted by Crippen LogP contribution is -2.38. The van der Waals surface area contributed by atoms with E-state index in [1.807, 2.05) is 36.4 Å². The van der Waals surface area contributed by atoms with E-state index in [1.165, 1.54) is 0 Å². The molecule has 1 amide bonds. The predicted molar refractivity (Wildman–Crippen MR) is 98.5 cm³/mol. The van der Waals surface area contributed by atoms with Crippen molar-refractivity contribution in [1.29, 1.82) is 0 Å². The van der Waals surface area contributed by atoms with Gasteiger partial charge in [0.05, 0.1) is 11.4 Å². The molecule has 2 fully saturated rings. The lowest BCUT2D eigenvalue weighted by molar-refractivity contribution is -0.166. The van der Waals surface area contributed by atoms with Gasteiger partial charge in [-0.15, -0.1) is 0 Å². The molecule has 1 aromatic heterocycles. The fourth-order valence-electron chi connectivity index (χ4n) is 3.44. The summed E-state index contributed by atoms with van der Waals surface area (Å²) in [5.74, 6) is -0.182. The van der Waals surface area contributed by atoms with E-state index < -0.39 is 24.1 Å². The zero-order valence-electron chi connectivity index (χ0n) is 15.1. The Kier molecular flexibility index (Phi) is 4.70. The Morgan fingerprint density at radius 3 is 2.59 bits per heavy atom. The minimum absolute atomic E-state index is 0.388. The third-order valence-electron chi connectivity index (χ3n) is 5.14. The normalized spacial score (nSPS) is 18.3. The number of para-hydroxylation sites is 1. The number of anilines is 1. The third-order valence-corrected chi connectivity index (χ3v) is 5.14. The summed E-state index contributed by atoms with van der Waals surface area (Å²) < 4.78 is 6.74. The van der Waals surface area contributed by atoms with Gasteiger partial charge in [-0.3, -0.25) is 4.79 Å². The summed E-state index contributed by atoms with van der Waals surface area (Å²) in [6.45, 7) is -0.431. The average molecular weight is 369 g/mol. The van der Waals surface area contributed by atoms with Crippen LogP contribution >= 0.6 is 0 Å². The van der Waals surface area contributed by atoms with Crippen LogP contribution in [0.15, 0.2) is 36.4 Å². The Bertz CT molecular complexity index is 836. The van der Waals surface area contributed by atoms with E-state index in [4.69, 9.17) is 4.74 Å². The minimum Gasteiger partial charge on any atom is -0.453 e. The number of hydrogen-bond donors (Lipinski definition) is 2. The first kappa shape index (κ1) is 17.7. The van der Waals surface area contributed by atoms with Crippen molar-refractivity contribution in [1.82, 2.24) is 9.78 Å². The van der Waals surface area contributed by atoms with Gasteiger partial charge in [0.1, 0.15) is 5.82 Å². The molecule has 2 saturated carbocycles. The largest absolute Gasteiger partial charge is 0.453 e. The number of benzene rings is 1. The molecule has 0 saturated heterocycles. The molecule has 7 nitrogen and oxygen atoms in total. The van der Waals surface area contributed by atoms with E-state index in [9.17, 15) is 14.7 Å². The molecule has 0 atom stereocenters. The number of nitrogens with one attached hydrogen (secondary N) is 1. The van der Waals surface area contributed by atoms with Crippen molar-refractivity contribution in [2.24, 2.45) is 0 Å². The minimum atomic E-state index is -1.44. The summed E-state index contributed by atoms with van der Waals surface area (Å²) in [6, 6.07) is 11.4. The van der Waals surface area contributed by atoms with Gasteiger partial charge in [-0.1, -0.05) is 18.2 Å². The van der Waals surface area contributed by atoms with Gasteiger partial charge in [0.25, 0.3) is 5.91 Å². The fraction of sp³-hybridized carbons (Fsp3) is 0.450. The smallest absolute Gasteiger partial charge is 0.338 e. The first-order valence-corrected chi connectivity index (χ1v) is 9.40. The summed E-state index contributed by atoms with van der Waals surface area (Å²) in [5, 5.41) is 17.6. The van der Waals surface area contributed by atoms with Crippen LogP contribution in [0.3, 0.4) is 0 Å². The van der Waals surface area contributed by atoms with Crippen molar-refractivity contribution < 1.29 is 19.4 Å². The molecule has 0 spiro atoms. The van der Waals surface area contributed by atoms with Crippen LogP contribution in [0.1, 0.15) is 50.1 Å². The standard InChI is InChI=1S/C20H23N3O4/c24-18(13-27-19(25)20(26)10-4-5-11-20)21-17-12-16(14-8-9-14)22-23(17)15-6-2-1-3-7-15/h1-3,6-7,12,14,26H,4-5,8-11,13H2,(H,21,24). The zero-order valence-corrected chi connectivity index (χ0v) is 15.1. The quantitative estimate of drug-likeness (QED) is 0.763. The molecule has 2 aromatic rings. The second kappa shape index (κ2) is 7.15. The van der Waals surface area contributed by atoms with E-state index in [2.05, 4.69) is 10.4 Å². The highest BCUT2D eigenvalue weighted by atomic mass is 16.6. The molecule has 7 heteroatoms. The Hall–Kier alpha value is -2.67. The molecule has 0 unspecified atom stereocenters. The Morgan fingerprint density at radius 1 is 1.22 bits per heavy atom. The van der Waals surface area contributed by atoms with Crippen molar-refractivity contribution in [2.75, 3.05) is 11.9 Å². The molecule has 2 aliphatic carbocycles. The Balaban J connectivity index is 1.44. The van der Waals surface area contributed by atoms with E-state index in [0.717, 1.165) is 37.1 Å². The number of aliphatic hydroxyl groups is 1. The molecule has 1 aromatic carbocycles. The molecular formula is C20H23N3O4. The number of carbonyl (C=O) groups is 2. The van der Waals surface area contributed by atoms with Crippen LogP contribution in [-0.4, -0.2) is 39.0 Å². The van der Waals surface area contributed by atoms with Crippen LogP contribution in [0.25, 0.3) is 5.69 Å². The topological polar surface area (TPSA) is 93.5 Å². The molecule has 0 aliphatic heterocycles. The van der Waals surface area contributed by atoms with Gasteiger partial charge in [-0.25, -0.2) is 9.48 Å². The van der Waals surface area contributed by atoms with Gasteiger partial charge in [0, 0.05) is 12.0 Å². The molecular weight excluding hydrogens is 346 g/mol. The molecule has 2 aliphatic rings. The number of carbonyl (C=O) groups excluding carboxylic acids is 2. The zero-order chi connectivity index (χ0) is 18.9. The highest BCUT2D eigenvalue weighted by Gasteiger charge is 2.40. The van der Waals surface area contributed by atoms with Crippen molar-refractivity contribution in [3.8, 4) is 5.69 Å². The lowest BCUT2D eigenvalue weighted by atomic mass is 10.0. The number of nitrogens with zero attached hydrogens (tertiary/aromatic N) is 2. The molecule has 2 N–H and O–H groups in total. The van der Waals surface area contributed by atoms with Crippen molar-refractivity contribution in [2.45, 2.75) is 50.0 Å². The fourth-order valence-corrected chi connectivity index (χ4v) is 3.44. The third kappa shape index (κ3) is 3.88. The highest BCUT2D eigenvalue weighted by Crippen LogP contribution is 2.40. The average Bonchev–Trinajstić information content (AvgIpc) is 3.30. The van der Waals surface area contributed by atoms with Gasteiger partial charge in [0.2, 0.25) is 0 Å². The molecule has 142 valence electrons. The first-order valence-electron chi connectivity index (χ1n) is 9.40. The summed E-state index contributed by atoms with van der Waals surface area (Å²) in [4.78, 5) is 24.3. The van der Waals surface area contributed by atoms with Crippen LogP contribution in [0.2, 0.25) is 0 Å². The lowest BCUT2D eigenvalue weighted by Gasteiger charge is -2.19. The number of ether oxygens (including phenoxy) is 1. The van der Waals surface area contributed by atoms with Crippen molar-refractivity contribution in [3.05, 3.63) is 42.1 Å². The molecule has 0 radical (unpaired) electrons. The maximum atomic E-state index is 12.3. The molecule has 0 bridgehead atoms. The highest BCUT2D eigenvalue weighted by molar-refractivity contribution is 5.93. The maximum absolute atomic E-state index is 12.3. The van der Waals surface area contributed by atoms with Gasteiger partial charge < -0.3 is 15.2 Å². The van der Waals surface area contributed by atoms with Gasteiger partial charge in [-0.05, 0) is 50.7 Å². The van der Waals surface area contributed by atoms with E-state index in [-0.39, 0.29) is 0 Å². The Labute approximate surface area is 157 Å². The van der Waals surface area contributed by atoms with Crippen molar-refractivity contribution in [3.63, 3.8) is 0 Å². The van der Waals surface area contributed by atoms with Crippen LogP contribution in [0, 0.1) is 0 Å². The second-order valence-corrected chi connectivity index (χ2v) is 7.34. The second-order valence-electron chi connectivity index (χ2n) is 7.34. The van der Waals surface area contributed by atoms with E-state index in [0.29, 0.717) is 24.6 Å². The van der Waals surface area contributed by atoms with Gasteiger partial charge >= 0.3 is 5.97 Å². The SMILES string of the molecule is O=C(COC(=O)C1(O)CCCC1)Nc1cc(C2CC2)nn1-c1ccccc1. The molecule has 1 heterocycles. The monoisotopic (exact) mass is 369 g/mol. The summed E-state index contributed by atoms with van der Waals surface area (Å²) in [6.07, 6.45) is 4.57. The molecule has 4 rings (SSSR count).